The molecule has 0 aliphatic heterocycles. The Balaban J connectivity index is 1.47. The zero-order valence-electron chi connectivity index (χ0n) is 20.9. The molecule has 0 fully saturated rings. The number of para-hydroxylation sites is 1. The van der Waals surface area contributed by atoms with Crippen LogP contribution < -0.4 is 14.8 Å². The number of halogens is 3. The van der Waals surface area contributed by atoms with Crippen molar-refractivity contribution in [3.05, 3.63) is 77.9 Å². The number of rotatable bonds is 9. The number of anilines is 1. The third kappa shape index (κ3) is 5.06. The van der Waals surface area contributed by atoms with E-state index in [1.54, 1.807) is 10.6 Å². The maximum Gasteiger partial charge on any atom is 0.416 e. The number of hydrogen-bond acceptors (Lipinski definition) is 6. The van der Waals surface area contributed by atoms with Crippen LogP contribution in [0.2, 0.25) is 0 Å². The summed E-state index contributed by atoms with van der Waals surface area (Å²) < 4.78 is 52.9. The lowest BCUT2D eigenvalue weighted by molar-refractivity contribution is -0.137. The number of ether oxygens (including phenoxy) is 2. The smallest absolute Gasteiger partial charge is 0.416 e. The third-order valence-corrected chi connectivity index (χ3v) is 6.03. The quantitative estimate of drug-likeness (QED) is 0.242. The summed E-state index contributed by atoms with van der Waals surface area (Å²) in [6, 6.07) is 18.5. The summed E-state index contributed by atoms with van der Waals surface area (Å²) in [5.41, 5.74) is 1.98. The first kappa shape index (κ1) is 25.3. The minimum absolute atomic E-state index is 0.276. The van der Waals surface area contributed by atoms with Crippen molar-refractivity contribution in [2.45, 2.75) is 26.4 Å². The molecule has 0 spiro atoms. The van der Waals surface area contributed by atoms with Crippen LogP contribution >= 0.6 is 0 Å². The molecule has 0 saturated heterocycles. The molecule has 5 rings (SSSR count). The monoisotopic (exact) mass is 521 g/mol. The van der Waals surface area contributed by atoms with Crippen LogP contribution in [-0.2, 0) is 12.6 Å². The molecule has 0 bridgehead atoms. The van der Waals surface area contributed by atoms with E-state index in [1.165, 1.54) is 6.07 Å². The molecule has 2 aromatic heterocycles. The van der Waals surface area contributed by atoms with Crippen molar-refractivity contribution < 1.29 is 22.6 Å². The molecule has 0 unspecified atom stereocenters. The van der Waals surface area contributed by atoms with Crippen molar-refractivity contribution in [2.24, 2.45) is 0 Å². The summed E-state index contributed by atoms with van der Waals surface area (Å²) in [6.07, 6.45) is -3.78. The highest BCUT2D eigenvalue weighted by Gasteiger charge is 2.31. The van der Waals surface area contributed by atoms with Gasteiger partial charge in [0.05, 0.1) is 24.3 Å². The molecule has 5 aromatic rings. The van der Waals surface area contributed by atoms with Crippen molar-refractivity contribution in [3.8, 4) is 22.8 Å². The van der Waals surface area contributed by atoms with Crippen LogP contribution in [0, 0.1) is 0 Å². The molecule has 3 aromatic carbocycles. The lowest BCUT2D eigenvalue weighted by Crippen LogP contribution is -2.09. The molecule has 0 aliphatic carbocycles. The molecule has 0 radical (unpaired) electrons. The first-order valence-corrected chi connectivity index (χ1v) is 12.3. The highest BCUT2D eigenvalue weighted by atomic mass is 19.4. The Morgan fingerprint density at radius 3 is 2.47 bits per heavy atom. The van der Waals surface area contributed by atoms with Gasteiger partial charge >= 0.3 is 6.18 Å². The van der Waals surface area contributed by atoms with E-state index in [0.29, 0.717) is 54.7 Å². The number of alkyl halides is 3. The summed E-state index contributed by atoms with van der Waals surface area (Å²) >= 11 is 0. The van der Waals surface area contributed by atoms with E-state index < -0.39 is 11.7 Å². The van der Waals surface area contributed by atoms with Crippen LogP contribution in [-0.4, -0.2) is 39.6 Å². The summed E-state index contributed by atoms with van der Waals surface area (Å²) in [5, 5.41) is 12.6. The van der Waals surface area contributed by atoms with Gasteiger partial charge in [-0.25, -0.2) is 4.98 Å². The highest BCUT2D eigenvalue weighted by molar-refractivity contribution is 5.93. The van der Waals surface area contributed by atoms with Crippen molar-refractivity contribution in [2.75, 3.05) is 25.1 Å². The maximum atomic E-state index is 13.3. The second kappa shape index (κ2) is 10.6. The van der Waals surface area contributed by atoms with E-state index in [1.807, 2.05) is 56.3 Å². The predicted octanol–water partition coefficient (Wildman–Crippen LogP) is 6.42. The van der Waals surface area contributed by atoms with E-state index in [4.69, 9.17) is 14.5 Å². The minimum atomic E-state index is -4.46. The lowest BCUT2D eigenvalue weighted by Gasteiger charge is -2.13. The average Bonchev–Trinajstić information content (AvgIpc) is 3.34. The van der Waals surface area contributed by atoms with Crippen molar-refractivity contribution in [1.82, 2.24) is 19.8 Å². The number of nitrogens with one attached hydrogen (secondary N) is 1. The van der Waals surface area contributed by atoms with Crippen molar-refractivity contribution >= 4 is 22.4 Å². The van der Waals surface area contributed by atoms with Crippen LogP contribution in [0.1, 0.15) is 25.0 Å². The van der Waals surface area contributed by atoms with Gasteiger partial charge in [0.15, 0.2) is 17.1 Å². The van der Waals surface area contributed by atoms with Crippen LogP contribution in [0.15, 0.2) is 66.7 Å². The molecule has 0 atom stereocenters. The molecule has 7 nitrogen and oxygen atoms in total. The van der Waals surface area contributed by atoms with Crippen molar-refractivity contribution in [3.63, 3.8) is 0 Å². The fourth-order valence-electron chi connectivity index (χ4n) is 4.30. The Bertz CT molecular complexity index is 1580. The van der Waals surface area contributed by atoms with Crippen LogP contribution in [0.3, 0.4) is 0 Å². The molecule has 196 valence electrons. The fraction of sp³-hybridized carbons (Fsp3) is 0.250. The first-order valence-electron chi connectivity index (χ1n) is 12.3. The summed E-state index contributed by atoms with van der Waals surface area (Å²) in [7, 11) is 0. The molecule has 0 amide bonds. The number of hydrogen-bond donors (Lipinski definition) is 1. The Hall–Kier alpha value is -4.34. The molecule has 10 heteroatoms. The average molecular weight is 522 g/mol. The van der Waals surface area contributed by atoms with E-state index in [2.05, 4.69) is 15.6 Å². The van der Waals surface area contributed by atoms with Gasteiger partial charge in [-0.15, -0.1) is 5.10 Å². The van der Waals surface area contributed by atoms with Gasteiger partial charge in [0, 0.05) is 17.5 Å². The van der Waals surface area contributed by atoms with Crippen LogP contribution in [0.5, 0.6) is 11.5 Å². The molecule has 0 saturated carbocycles. The number of fused-ring (bicyclic) bond motifs is 3. The zero-order chi connectivity index (χ0) is 26.7. The molecule has 0 aliphatic rings. The van der Waals surface area contributed by atoms with Gasteiger partial charge in [-0.3, -0.25) is 0 Å². The van der Waals surface area contributed by atoms with E-state index in [0.717, 1.165) is 28.6 Å². The first-order chi connectivity index (χ1) is 18.4. The van der Waals surface area contributed by atoms with Crippen LogP contribution in [0.25, 0.3) is 27.8 Å². The normalized spacial score (nSPS) is 11.7. The topological polar surface area (TPSA) is 73.6 Å². The van der Waals surface area contributed by atoms with E-state index in [9.17, 15) is 13.2 Å². The van der Waals surface area contributed by atoms with Gasteiger partial charge in [0.1, 0.15) is 11.5 Å². The molecular formula is C28H26F3N5O2. The summed E-state index contributed by atoms with van der Waals surface area (Å²) in [6.45, 7) is 5.50. The lowest BCUT2D eigenvalue weighted by atomic mass is 10.1. The van der Waals surface area contributed by atoms with Gasteiger partial charge in [0.25, 0.3) is 0 Å². The second-order valence-corrected chi connectivity index (χ2v) is 8.55. The van der Waals surface area contributed by atoms with Crippen molar-refractivity contribution in [1.29, 1.82) is 0 Å². The number of benzene rings is 3. The van der Waals surface area contributed by atoms with Gasteiger partial charge in [-0.2, -0.15) is 17.7 Å². The van der Waals surface area contributed by atoms with Gasteiger partial charge < -0.3 is 14.8 Å². The van der Waals surface area contributed by atoms with Gasteiger partial charge in [0.2, 0.25) is 0 Å². The van der Waals surface area contributed by atoms with Crippen LogP contribution in [0.4, 0.5) is 19.0 Å². The maximum absolute atomic E-state index is 13.3. The Labute approximate surface area is 217 Å². The Morgan fingerprint density at radius 1 is 0.895 bits per heavy atom. The standard InChI is InChI=1S/C28H26F3N5O2/c1-3-37-23-13-12-18(16-24(23)38-4-2)14-15-32-26-21-10-5-6-11-22(21)36-27(33-26)25(34-35-36)19-8-7-9-20(17-19)28(29,30)31/h5-13,16-17H,3-4,14-15H2,1-2H3,(H,32,33). The number of nitrogens with zero attached hydrogens (tertiary/aromatic N) is 4. The second-order valence-electron chi connectivity index (χ2n) is 8.55. The number of aromatic nitrogens is 4. The molecule has 2 heterocycles. The highest BCUT2D eigenvalue weighted by Crippen LogP contribution is 2.34. The fourth-order valence-corrected chi connectivity index (χ4v) is 4.30. The predicted molar refractivity (Wildman–Crippen MR) is 140 cm³/mol. The van der Waals surface area contributed by atoms with Gasteiger partial charge in [-0.05, 0) is 62.2 Å². The minimum Gasteiger partial charge on any atom is -0.490 e. The Morgan fingerprint density at radius 2 is 1.68 bits per heavy atom. The van der Waals surface area contributed by atoms with E-state index in [-0.39, 0.29) is 5.69 Å². The zero-order valence-corrected chi connectivity index (χ0v) is 20.9. The summed E-state index contributed by atoms with van der Waals surface area (Å²) in [4.78, 5) is 4.75. The molecule has 38 heavy (non-hydrogen) atoms. The SMILES string of the molecule is CCOc1ccc(CCNc2nc3c(-c4cccc(C(F)(F)F)c4)nnn3c3ccccc23)cc1OCC. The molecular weight excluding hydrogens is 495 g/mol. The molecule has 1 N–H and O–H groups in total. The summed E-state index contributed by atoms with van der Waals surface area (Å²) in [5.74, 6) is 2.01. The van der Waals surface area contributed by atoms with E-state index >= 15 is 0 Å². The van der Waals surface area contributed by atoms with Gasteiger partial charge in [-0.1, -0.05) is 35.5 Å². The Kier molecular flexibility index (Phi) is 7.04. The third-order valence-electron chi connectivity index (χ3n) is 6.03. The largest absolute Gasteiger partial charge is 0.490 e.